The van der Waals surface area contributed by atoms with Crippen molar-refractivity contribution in [2.45, 2.75) is 0 Å². The van der Waals surface area contributed by atoms with Crippen molar-refractivity contribution in [3.63, 3.8) is 0 Å². The van der Waals surface area contributed by atoms with Gasteiger partial charge in [-0.2, -0.15) is 0 Å². The Bertz CT molecular complexity index is 89.2. The topological polar surface area (TPSA) is 0 Å². The van der Waals surface area contributed by atoms with Gasteiger partial charge in [0, 0.05) is 0 Å². The van der Waals surface area contributed by atoms with E-state index in [4.69, 9.17) is 0 Å². The molecule has 0 amide bonds. The summed E-state index contributed by atoms with van der Waals surface area (Å²) >= 11 is 17.4. The second kappa shape index (κ2) is 7.60. The fourth-order valence-electron chi connectivity index (χ4n) is 0. The average molecular weight is 206 g/mol. The molecule has 0 saturated heterocycles. The maximum absolute atomic E-state index is 4.35. The van der Waals surface area contributed by atoms with Gasteiger partial charge >= 0.3 is 59.1 Å². The van der Waals surface area contributed by atoms with Crippen LogP contribution in [0.3, 0.4) is 0 Å². The first-order valence-corrected chi connectivity index (χ1v) is 6.00. The summed E-state index contributed by atoms with van der Waals surface area (Å²) in [5.74, 6) is 0. The summed E-state index contributed by atoms with van der Waals surface area (Å²) in [5, 5.41) is -1.83. The van der Waals surface area contributed by atoms with E-state index in [1.54, 1.807) is 0 Å². The van der Waals surface area contributed by atoms with Gasteiger partial charge in [-0.05, 0) is 0 Å². The van der Waals surface area contributed by atoms with Crippen molar-refractivity contribution < 1.29 is 59.1 Å². The Kier molecular flexibility index (Phi) is 18.3. The molecular weight excluding hydrogens is 206 g/mol. The Labute approximate surface area is 108 Å². The zero-order valence-electron chi connectivity index (χ0n) is 4.04. The minimum Gasteiger partial charge on any atom is -0.731 e. The molecule has 0 nitrogen and oxygen atoms in total. The van der Waals surface area contributed by atoms with E-state index in [0.29, 0.717) is 0 Å². The van der Waals surface area contributed by atoms with Crippen LogP contribution in [-0.2, 0) is 50.9 Å². The molecule has 0 aromatic heterocycles. The summed E-state index contributed by atoms with van der Waals surface area (Å²) in [6.45, 7) is 0. The third-order valence-electron chi connectivity index (χ3n) is 0. The minimum absolute atomic E-state index is 0. The van der Waals surface area contributed by atoms with Gasteiger partial charge in [-0.25, -0.2) is 0 Å². The molecule has 0 radical (unpaired) electrons. The molecule has 0 saturated carbocycles. The van der Waals surface area contributed by atoms with Gasteiger partial charge < -0.3 is 28.5 Å². The summed E-state index contributed by atoms with van der Waals surface area (Å²) in [4.78, 5) is 0. The Morgan fingerprint density at radius 2 is 1.00 bits per heavy atom. The van der Waals surface area contributed by atoms with Crippen LogP contribution in [-0.4, -0.2) is 0 Å². The van der Waals surface area contributed by atoms with Gasteiger partial charge in [0.15, 0.2) is 0 Å². The Hall–Kier alpha value is 3.49. The quantitative estimate of drug-likeness (QED) is 0.220. The van der Waals surface area contributed by atoms with Gasteiger partial charge in [0.1, 0.15) is 0 Å². The van der Waals surface area contributed by atoms with Crippen LogP contribution in [0.4, 0.5) is 0 Å². The first kappa shape index (κ1) is 16.8. The molecule has 0 aliphatic heterocycles. The molecular formula is Na2S5. The van der Waals surface area contributed by atoms with Gasteiger partial charge in [-0.15, -0.1) is 0 Å². The van der Waals surface area contributed by atoms with E-state index in [9.17, 15) is 0 Å². The third-order valence-corrected chi connectivity index (χ3v) is 0. The molecule has 0 rings (SSSR count). The second-order valence-electron chi connectivity index (χ2n) is 0.408. The molecule has 0 aromatic carbocycles. The van der Waals surface area contributed by atoms with E-state index >= 15 is 0 Å². The number of hydrogen-bond donors (Lipinski definition) is 0. The van der Waals surface area contributed by atoms with E-state index < -0.39 is 5.21 Å². The van der Waals surface area contributed by atoms with Crippen LogP contribution in [0.5, 0.6) is 0 Å². The predicted molar refractivity (Wildman–Crippen MR) is 36.8 cm³/mol. The van der Waals surface area contributed by atoms with Crippen LogP contribution in [0, 0.1) is 0 Å². The van der Waals surface area contributed by atoms with Crippen LogP contribution >= 0.6 is 0 Å². The zero-order valence-corrected chi connectivity index (χ0v) is 12.1. The van der Waals surface area contributed by atoms with Crippen molar-refractivity contribution in [2.75, 3.05) is 0 Å². The van der Waals surface area contributed by atoms with E-state index in [1.807, 2.05) is 0 Å². The van der Waals surface area contributed by atoms with Crippen molar-refractivity contribution in [1.82, 2.24) is 0 Å². The van der Waals surface area contributed by atoms with Crippen LogP contribution < -0.4 is 59.1 Å². The standard InChI is InChI=1S/2Na.H2S5/c;;1-5(2,3)4/h;;(H2,1,2,3,4)/q2*+1;/p-2. The van der Waals surface area contributed by atoms with Gasteiger partial charge in [-0.3, -0.25) is 0 Å². The summed E-state index contributed by atoms with van der Waals surface area (Å²) in [6.07, 6.45) is 0. The smallest absolute Gasteiger partial charge is 0.731 e. The van der Waals surface area contributed by atoms with Gasteiger partial charge in [-0.1, -0.05) is 22.4 Å². The third kappa shape index (κ3) is 43.7. The summed E-state index contributed by atoms with van der Waals surface area (Å²) in [7, 11) is 0. The zero-order chi connectivity index (χ0) is 4.50. The van der Waals surface area contributed by atoms with Crippen molar-refractivity contribution >= 4 is 50.9 Å². The molecule has 0 atom stereocenters. The molecule has 0 heterocycles. The Morgan fingerprint density at radius 3 is 1.00 bits per heavy atom. The molecule has 0 bridgehead atoms. The van der Waals surface area contributed by atoms with Crippen LogP contribution in [0.15, 0.2) is 0 Å². The monoisotopic (exact) mass is 206 g/mol. The van der Waals surface area contributed by atoms with Crippen LogP contribution in [0.25, 0.3) is 0 Å². The molecule has 32 valence electrons. The summed E-state index contributed by atoms with van der Waals surface area (Å²) in [6, 6.07) is 0. The minimum atomic E-state index is -1.83. The SMILES string of the molecule is S=S(=S)([S-])[S-].[Na+].[Na+]. The van der Waals surface area contributed by atoms with E-state index in [-0.39, 0.29) is 59.1 Å². The van der Waals surface area contributed by atoms with E-state index in [1.165, 1.54) is 0 Å². The van der Waals surface area contributed by atoms with Gasteiger partial charge in [0.25, 0.3) is 0 Å². The van der Waals surface area contributed by atoms with Crippen molar-refractivity contribution in [3.8, 4) is 0 Å². The summed E-state index contributed by atoms with van der Waals surface area (Å²) in [5.41, 5.74) is 0. The van der Waals surface area contributed by atoms with Crippen molar-refractivity contribution in [3.05, 3.63) is 0 Å². The molecule has 0 unspecified atom stereocenters. The summed E-state index contributed by atoms with van der Waals surface area (Å²) < 4.78 is 0. The fourth-order valence-corrected chi connectivity index (χ4v) is 0. The molecule has 7 heavy (non-hydrogen) atoms. The first-order chi connectivity index (χ1) is 2.00. The van der Waals surface area contributed by atoms with Crippen LogP contribution in [0.2, 0.25) is 0 Å². The maximum Gasteiger partial charge on any atom is 1.00 e. The normalized spacial score (nSPS) is 8.29. The second-order valence-corrected chi connectivity index (χ2v) is 11.0. The van der Waals surface area contributed by atoms with Crippen molar-refractivity contribution in [2.24, 2.45) is 0 Å². The Morgan fingerprint density at radius 1 is 1.00 bits per heavy atom. The first-order valence-electron chi connectivity index (χ1n) is 0.667. The molecule has 7 heteroatoms. The van der Waals surface area contributed by atoms with Gasteiger partial charge in [0.2, 0.25) is 0 Å². The van der Waals surface area contributed by atoms with Crippen LogP contribution in [0.1, 0.15) is 0 Å². The molecule has 0 fully saturated rings. The molecule has 0 spiro atoms. The largest absolute Gasteiger partial charge is 1.00 e. The number of hydrogen-bond acceptors (Lipinski definition) is 4. The van der Waals surface area contributed by atoms with Crippen molar-refractivity contribution in [1.29, 1.82) is 0 Å². The average Bonchev–Trinajstić information content (AvgIpc) is 0.722. The Balaban J connectivity index is -0.0000000800. The maximum atomic E-state index is 4.35. The van der Waals surface area contributed by atoms with E-state index in [0.717, 1.165) is 0 Å². The molecule has 0 aliphatic carbocycles. The predicted octanol–water partition coefficient (Wildman–Crippen LogP) is -6.00. The fraction of sp³-hybridized carbons (Fsp3) is 0. The van der Waals surface area contributed by atoms with Gasteiger partial charge in [0.05, 0.1) is 0 Å². The molecule has 0 aliphatic rings. The molecule has 0 aromatic rings. The molecule has 0 N–H and O–H groups in total. The number of rotatable bonds is 0. The van der Waals surface area contributed by atoms with E-state index in [2.05, 4.69) is 45.7 Å².